The fourth-order valence-corrected chi connectivity index (χ4v) is 3.57. The lowest BCUT2D eigenvalue weighted by Crippen LogP contribution is -2.36. The molecule has 0 fully saturated rings. The lowest BCUT2D eigenvalue weighted by Gasteiger charge is -2.28. The minimum atomic E-state index is -4.02. The zero-order valence-corrected chi connectivity index (χ0v) is 16.8. The molecule has 0 amide bonds. The summed E-state index contributed by atoms with van der Waals surface area (Å²) in [7, 11) is -1.99. The zero-order valence-electron chi connectivity index (χ0n) is 16.0. The molecule has 1 N–H and O–H groups in total. The van der Waals surface area contributed by atoms with Gasteiger partial charge in [0, 0.05) is 36.3 Å². The largest absolute Gasteiger partial charge is 0.371 e. The van der Waals surface area contributed by atoms with Crippen LogP contribution in [0.5, 0.6) is 0 Å². The summed E-state index contributed by atoms with van der Waals surface area (Å²) in [5, 5.41) is 10.8. The molecular formula is C19H24N2O5S. The third-order valence-corrected chi connectivity index (χ3v) is 6.08. The Morgan fingerprint density at radius 1 is 1.15 bits per heavy atom. The summed E-state index contributed by atoms with van der Waals surface area (Å²) in [5.41, 5.74) is 3.25. The first-order valence-corrected chi connectivity index (χ1v) is 9.85. The molecule has 0 saturated heterocycles. The van der Waals surface area contributed by atoms with Crippen LogP contribution in [0.15, 0.2) is 47.4 Å². The van der Waals surface area contributed by atoms with Gasteiger partial charge in [-0.3, -0.25) is 14.7 Å². The van der Waals surface area contributed by atoms with E-state index in [1.165, 1.54) is 12.1 Å². The van der Waals surface area contributed by atoms with E-state index in [1.807, 2.05) is 20.0 Å². The van der Waals surface area contributed by atoms with Crippen molar-refractivity contribution in [1.82, 2.24) is 0 Å². The van der Waals surface area contributed by atoms with Gasteiger partial charge in [0.05, 0.1) is 9.82 Å². The second-order valence-electron chi connectivity index (χ2n) is 7.26. The van der Waals surface area contributed by atoms with Gasteiger partial charge in [-0.05, 0) is 37.6 Å². The average Bonchev–Trinajstić information content (AvgIpc) is 2.75. The Balaban J connectivity index is 0.000000208. The van der Waals surface area contributed by atoms with Crippen LogP contribution < -0.4 is 4.90 Å². The van der Waals surface area contributed by atoms with Crippen LogP contribution in [-0.2, 0) is 15.5 Å². The van der Waals surface area contributed by atoms with E-state index in [4.69, 9.17) is 4.55 Å². The molecule has 2 aromatic rings. The molecule has 0 spiro atoms. The number of nitro groups is 1. The maximum Gasteiger partial charge on any atom is 0.294 e. The zero-order chi connectivity index (χ0) is 20.6. The summed E-state index contributed by atoms with van der Waals surface area (Å²) in [5.74, 6) is 0. The molecule has 2 aromatic carbocycles. The van der Waals surface area contributed by atoms with Gasteiger partial charge in [0.25, 0.3) is 15.8 Å². The molecule has 0 saturated carbocycles. The SMILES string of the molecule is CC1N(C)c2ccc([N+](=O)[O-])cc2C1(C)C.Cc1ccc(S(=O)(=O)O)cc1. The van der Waals surface area contributed by atoms with Gasteiger partial charge in [0.1, 0.15) is 0 Å². The summed E-state index contributed by atoms with van der Waals surface area (Å²) in [6.45, 7) is 8.24. The van der Waals surface area contributed by atoms with Crippen LogP contribution >= 0.6 is 0 Å². The molecule has 0 bridgehead atoms. The molecular weight excluding hydrogens is 368 g/mol. The monoisotopic (exact) mass is 392 g/mol. The molecule has 1 aliphatic rings. The van der Waals surface area contributed by atoms with E-state index in [0.29, 0.717) is 6.04 Å². The van der Waals surface area contributed by atoms with Crippen molar-refractivity contribution in [2.45, 2.75) is 44.0 Å². The van der Waals surface area contributed by atoms with Gasteiger partial charge in [-0.15, -0.1) is 0 Å². The van der Waals surface area contributed by atoms with Crippen molar-refractivity contribution in [1.29, 1.82) is 0 Å². The maximum absolute atomic E-state index is 10.8. The van der Waals surface area contributed by atoms with Crippen LogP contribution in [-0.4, -0.2) is 31.0 Å². The number of hydrogen-bond donors (Lipinski definition) is 1. The van der Waals surface area contributed by atoms with Gasteiger partial charge in [0.15, 0.2) is 0 Å². The highest BCUT2D eigenvalue weighted by Gasteiger charge is 2.40. The number of hydrogen-bond acceptors (Lipinski definition) is 5. The van der Waals surface area contributed by atoms with Gasteiger partial charge in [-0.1, -0.05) is 31.5 Å². The summed E-state index contributed by atoms with van der Waals surface area (Å²) in [6.07, 6.45) is 0. The van der Waals surface area contributed by atoms with Crippen LogP contribution in [0.1, 0.15) is 31.9 Å². The van der Waals surface area contributed by atoms with E-state index >= 15 is 0 Å². The van der Waals surface area contributed by atoms with Gasteiger partial charge in [-0.2, -0.15) is 8.42 Å². The van der Waals surface area contributed by atoms with Crippen molar-refractivity contribution in [3.05, 3.63) is 63.7 Å². The molecule has 8 heteroatoms. The van der Waals surface area contributed by atoms with Crippen LogP contribution in [0.2, 0.25) is 0 Å². The highest BCUT2D eigenvalue weighted by atomic mass is 32.2. The van der Waals surface area contributed by atoms with Gasteiger partial charge >= 0.3 is 0 Å². The van der Waals surface area contributed by atoms with E-state index in [9.17, 15) is 18.5 Å². The number of likely N-dealkylation sites (N-methyl/N-ethyl adjacent to an activating group) is 1. The molecule has 0 aliphatic carbocycles. The number of nitro benzene ring substituents is 1. The first-order chi connectivity index (χ1) is 12.4. The van der Waals surface area contributed by atoms with Crippen molar-refractivity contribution >= 4 is 21.5 Å². The van der Waals surface area contributed by atoms with E-state index in [2.05, 4.69) is 25.7 Å². The van der Waals surface area contributed by atoms with Crippen molar-refractivity contribution in [2.24, 2.45) is 0 Å². The number of rotatable bonds is 2. The number of benzene rings is 2. The highest BCUT2D eigenvalue weighted by Crippen LogP contribution is 2.45. The quantitative estimate of drug-likeness (QED) is 0.472. The van der Waals surface area contributed by atoms with Crippen LogP contribution in [0.25, 0.3) is 0 Å². The Morgan fingerprint density at radius 3 is 2.19 bits per heavy atom. The van der Waals surface area contributed by atoms with Gasteiger partial charge < -0.3 is 4.90 Å². The fourth-order valence-electron chi connectivity index (χ4n) is 3.09. The number of fused-ring (bicyclic) bond motifs is 1. The third-order valence-electron chi connectivity index (χ3n) is 5.21. The molecule has 7 nitrogen and oxygen atoms in total. The molecule has 1 unspecified atom stereocenters. The molecule has 27 heavy (non-hydrogen) atoms. The first kappa shape index (κ1) is 20.9. The fraction of sp³-hybridized carbons (Fsp3) is 0.368. The van der Waals surface area contributed by atoms with Crippen molar-refractivity contribution in [3.63, 3.8) is 0 Å². The summed E-state index contributed by atoms with van der Waals surface area (Å²) in [4.78, 5) is 12.5. The van der Waals surface area contributed by atoms with E-state index in [-0.39, 0.29) is 20.9 Å². The average molecular weight is 392 g/mol. The second kappa shape index (κ2) is 7.28. The Kier molecular flexibility index (Phi) is 5.63. The van der Waals surface area contributed by atoms with E-state index in [1.54, 1.807) is 24.3 Å². The molecule has 1 aliphatic heterocycles. The molecule has 146 valence electrons. The van der Waals surface area contributed by atoms with Crippen LogP contribution in [0.4, 0.5) is 11.4 Å². The van der Waals surface area contributed by atoms with Crippen molar-refractivity contribution in [2.75, 3.05) is 11.9 Å². The predicted octanol–water partition coefficient (Wildman–Crippen LogP) is 3.95. The molecule has 3 rings (SSSR count). The highest BCUT2D eigenvalue weighted by molar-refractivity contribution is 7.85. The Hall–Kier alpha value is -2.45. The van der Waals surface area contributed by atoms with Crippen molar-refractivity contribution < 1.29 is 17.9 Å². The minimum absolute atomic E-state index is 0.0455. The minimum Gasteiger partial charge on any atom is -0.371 e. The topological polar surface area (TPSA) is 101 Å². The molecule has 1 heterocycles. The van der Waals surface area contributed by atoms with Gasteiger partial charge in [0.2, 0.25) is 0 Å². The third kappa shape index (κ3) is 4.28. The Labute approximate surface area is 159 Å². The van der Waals surface area contributed by atoms with E-state index < -0.39 is 10.1 Å². The normalized spacial score (nSPS) is 17.7. The summed E-state index contributed by atoms with van der Waals surface area (Å²) in [6, 6.07) is 11.5. The summed E-state index contributed by atoms with van der Waals surface area (Å²) >= 11 is 0. The van der Waals surface area contributed by atoms with Gasteiger partial charge in [-0.25, -0.2) is 0 Å². The van der Waals surface area contributed by atoms with Crippen LogP contribution in [0, 0.1) is 17.0 Å². The Bertz CT molecular complexity index is 953. The number of anilines is 1. The Morgan fingerprint density at radius 2 is 1.70 bits per heavy atom. The number of nitrogens with zero attached hydrogens (tertiary/aromatic N) is 2. The standard InChI is InChI=1S/C12H16N2O2.C7H8O3S/c1-8-12(2,3)10-7-9(14(15)16)5-6-11(10)13(8)4;1-6-2-4-7(5-3-6)11(8,9)10/h5-8H,1-4H3;2-5H,1H3,(H,8,9,10). The number of non-ortho nitro benzene ring substituents is 1. The van der Waals surface area contributed by atoms with Crippen LogP contribution in [0.3, 0.4) is 0 Å². The summed E-state index contributed by atoms with van der Waals surface area (Å²) < 4.78 is 29.6. The lowest BCUT2D eigenvalue weighted by molar-refractivity contribution is -0.384. The van der Waals surface area contributed by atoms with E-state index in [0.717, 1.165) is 16.8 Å². The lowest BCUT2D eigenvalue weighted by atomic mass is 9.81. The molecule has 1 atom stereocenters. The number of aryl methyl sites for hydroxylation is 1. The molecule has 0 radical (unpaired) electrons. The predicted molar refractivity (Wildman–Crippen MR) is 105 cm³/mol. The maximum atomic E-state index is 10.8. The smallest absolute Gasteiger partial charge is 0.294 e. The first-order valence-electron chi connectivity index (χ1n) is 8.41. The van der Waals surface area contributed by atoms with Crippen molar-refractivity contribution in [3.8, 4) is 0 Å². The molecule has 0 aromatic heterocycles. The second-order valence-corrected chi connectivity index (χ2v) is 8.68.